The van der Waals surface area contributed by atoms with Crippen molar-refractivity contribution in [1.82, 2.24) is 0 Å². The fraction of sp³-hybridized carbons (Fsp3) is 0.600. The van der Waals surface area contributed by atoms with E-state index in [4.69, 9.17) is 0 Å². The van der Waals surface area contributed by atoms with Gasteiger partial charge in [0.15, 0.2) is 0 Å². The molecule has 0 atom stereocenters. The molecule has 0 aromatic heterocycles. The Labute approximate surface area is 54.3 Å². The molecule has 0 bridgehead atoms. The van der Waals surface area contributed by atoms with E-state index in [2.05, 4.69) is 0 Å². The highest BCUT2D eigenvalue weighted by Crippen LogP contribution is 2.31. The van der Waals surface area contributed by atoms with E-state index in [0.29, 0.717) is 0 Å². The van der Waals surface area contributed by atoms with Gasteiger partial charge in [-0.2, -0.15) is 22.0 Å². The fourth-order valence-corrected chi connectivity index (χ4v) is 0.293. The van der Waals surface area contributed by atoms with Crippen LogP contribution in [0.2, 0.25) is 0 Å². The van der Waals surface area contributed by atoms with Crippen LogP contribution < -0.4 is 0 Å². The number of halogens is 5. The normalized spacial score (nSPS) is 11.4. The van der Waals surface area contributed by atoms with Crippen LogP contribution in [0.3, 0.4) is 0 Å². The molecule has 0 spiro atoms. The summed E-state index contributed by atoms with van der Waals surface area (Å²) >= 11 is 0. The molecule has 0 aromatic rings. The van der Waals surface area contributed by atoms with Gasteiger partial charge in [0, 0.05) is 6.42 Å². The Morgan fingerprint density at radius 2 is 1.60 bits per heavy atom. The summed E-state index contributed by atoms with van der Waals surface area (Å²) in [5.74, 6) is -6.64. The average molecular weight is 160 g/mol. The van der Waals surface area contributed by atoms with Crippen molar-refractivity contribution in [1.29, 1.82) is 0 Å². The first-order chi connectivity index (χ1) is 4.41. The monoisotopic (exact) mass is 160 g/mol. The van der Waals surface area contributed by atoms with Crippen LogP contribution in [0, 0.1) is 0 Å². The van der Waals surface area contributed by atoms with Crippen molar-refractivity contribution in [2.75, 3.05) is 0 Å². The lowest BCUT2D eigenvalue weighted by Crippen LogP contribution is -2.15. The summed E-state index contributed by atoms with van der Waals surface area (Å²) < 4.78 is 57.7. The minimum absolute atomic E-state index is 0.919. The second kappa shape index (κ2) is 2.98. The molecule has 0 aliphatic heterocycles. The zero-order valence-electron chi connectivity index (χ0n) is 5.10. The zero-order chi connectivity index (χ0) is 8.36. The predicted octanol–water partition coefficient (Wildman–Crippen LogP) is 3.11. The number of hydrogen-bond donors (Lipinski definition) is 0. The lowest BCUT2D eigenvalue weighted by Gasteiger charge is -2.08. The molecule has 0 aliphatic carbocycles. The Kier molecular flexibility index (Phi) is 2.80. The van der Waals surface area contributed by atoms with Crippen LogP contribution in [0.15, 0.2) is 11.9 Å². The Morgan fingerprint density at radius 1 is 1.20 bits per heavy atom. The molecule has 0 saturated carbocycles. The summed E-state index contributed by atoms with van der Waals surface area (Å²) in [6.45, 7) is 0.919. The third-order valence-electron chi connectivity index (χ3n) is 0.931. The maximum absolute atomic E-state index is 11.9. The van der Waals surface area contributed by atoms with Crippen molar-refractivity contribution >= 4 is 0 Å². The van der Waals surface area contributed by atoms with E-state index in [1.165, 1.54) is 0 Å². The smallest absolute Gasteiger partial charge is 0.199 e. The summed E-state index contributed by atoms with van der Waals surface area (Å²) in [6, 6.07) is 0. The van der Waals surface area contributed by atoms with Crippen molar-refractivity contribution in [3.8, 4) is 0 Å². The Bertz CT molecular complexity index is 144. The van der Waals surface area contributed by atoms with Crippen LogP contribution in [0.4, 0.5) is 22.0 Å². The summed E-state index contributed by atoms with van der Waals surface area (Å²) in [4.78, 5) is 0. The summed E-state index contributed by atoms with van der Waals surface area (Å²) in [7, 11) is 0. The van der Waals surface area contributed by atoms with Crippen LogP contribution in [0.25, 0.3) is 0 Å². The third-order valence-corrected chi connectivity index (χ3v) is 0.931. The SMILES string of the molecule is CCC(F)(F)C(F)=C(F)F. The van der Waals surface area contributed by atoms with Crippen molar-refractivity contribution in [2.24, 2.45) is 0 Å². The lowest BCUT2D eigenvalue weighted by atomic mass is 10.2. The highest BCUT2D eigenvalue weighted by molar-refractivity contribution is 5.03. The van der Waals surface area contributed by atoms with Crippen LogP contribution in [-0.2, 0) is 0 Å². The quantitative estimate of drug-likeness (QED) is 0.544. The van der Waals surface area contributed by atoms with Gasteiger partial charge in [0.25, 0.3) is 0 Å². The second-order valence-corrected chi connectivity index (χ2v) is 1.63. The average Bonchev–Trinajstić information content (AvgIpc) is 1.86. The molecule has 0 aliphatic rings. The van der Waals surface area contributed by atoms with E-state index < -0.39 is 24.3 Å². The van der Waals surface area contributed by atoms with E-state index in [1.54, 1.807) is 0 Å². The molecule has 5 heteroatoms. The molecule has 0 heterocycles. The molecular formula is C5H5F5. The highest BCUT2D eigenvalue weighted by Gasteiger charge is 2.36. The highest BCUT2D eigenvalue weighted by atomic mass is 19.3. The standard InChI is InChI=1S/C5H5F5/c1-2-5(9,10)3(6)4(7)8/h2H2,1H3. The van der Waals surface area contributed by atoms with Gasteiger partial charge in [-0.25, -0.2) is 0 Å². The molecule has 0 saturated heterocycles. The van der Waals surface area contributed by atoms with Gasteiger partial charge in [0.2, 0.25) is 5.83 Å². The van der Waals surface area contributed by atoms with Gasteiger partial charge in [0.05, 0.1) is 0 Å². The maximum atomic E-state index is 11.9. The topological polar surface area (TPSA) is 0 Å². The minimum atomic E-state index is -4.02. The predicted molar refractivity (Wildman–Crippen MR) is 25.6 cm³/mol. The molecule has 0 rings (SSSR count). The maximum Gasteiger partial charge on any atom is 0.307 e. The number of hydrogen-bond acceptors (Lipinski definition) is 0. The van der Waals surface area contributed by atoms with Crippen LogP contribution in [-0.4, -0.2) is 5.92 Å². The van der Waals surface area contributed by atoms with E-state index in [9.17, 15) is 22.0 Å². The molecule has 0 radical (unpaired) electrons. The third kappa shape index (κ3) is 1.97. The molecule has 0 N–H and O–H groups in total. The minimum Gasteiger partial charge on any atom is -0.199 e. The van der Waals surface area contributed by atoms with Gasteiger partial charge in [-0.15, -0.1) is 0 Å². The zero-order valence-corrected chi connectivity index (χ0v) is 5.10. The number of rotatable bonds is 2. The molecule has 0 fully saturated rings. The molecule has 0 amide bonds. The van der Waals surface area contributed by atoms with Gasteiger partial charge in [-0.1, -0.05) is 6.92 Å². The van der Waals surface area contributed by atoms with Crippen LogP contribution in [0.5, 0.6) is 0 Å². The van der Waals surface area contributed by atoms with Gasteiger partial charge >= 0.3 is 12.0 Å². The first-order valence-electron chi connectivity index (χ1n) is 2.51. The summed E-state index contributed by atoms with van der Waals surface area (Å²) in [5, 5.41) is 0. The van der Waals surface area contributed by atoms with Crippen molar-refractivity contribution in [3.05, 3.63) is 11.9 Å². The van der Waals surface area contributed by atoms with Crippen LogP contribution >= 0.6 is 0 Å². The van der Waals surface area contributed by atoms with Crippen LogP contribution in [0.1, 0.15) is 13.3 Å². The van der Waals surface area contributed by atoms with E-state index in [1.807, 2.05) is 0 Å². The van der Waals surface area contributed by atoms with Gasteiger partial charge in [-0.3, -0.25) is 0 Å². The molecular weight excluding hydrogens is 155 g/mol. The Hall–Kier alpha value is -0.610. The molecule has 0 unspecified atom stereocenters. The first-order valence-corrected chi connectivity index (χ1v) is 2.51. The Morgan fingerprint density at radius 3 is 1.70 bits per heavy atom. The van der Waals surface area contributed by atoms with Crippen molar-refractivity contribution in [3.63, 3.8) is 0 Å². The van der Waals surface area contributed by atoms with E-state index in [-0.39, 0.29) is 0 Å². The fourth-order valence-electron chi connectivity index (χ4n) is 0.293. The molecule has 0 nitrogen and oxygen atoms in total. The Balaban J connectivity index is 4.49. The lowest BCUT2D eigenvalue weighted by molar-refractivity contribution is 0.00710. The first kappa shape index (κ1) is 9.39. The molecule has 10 heavy (non-hydrogen) atoms. The largest absolute Gasteiger partial charge is 0.307 e. The van der Waals surface area contributed by atoms with E-state index in [0.717, 1.165) is 6.92 Å². The number of allylic oxidation sites excluding steroid dienone is 1. The summed E-state index contributed by atoms with van der Waals surface area (Å²) in [5.41, 5.74) is 0. The number of alkyl halides is 2. The van der Waals surface area contributed by atoms with Gasteiger partial charge in [-0.05, 0) is 0 Å². The molecule has 60 valence electrons. The van der Waals surface area contributed by atoms with Gasteiger partial charge < -0.3 is 0 Å². The second-order valence-electron chi connectivity index (χ2n) is 1.63. The molecule has 0 aromatic carbocycles. The van der Waals surface area contributed by atoms with Crippen molar-refractivity contribution in [2.45, 2.75) is 19.3 Å². The van der Waals surface area contributed by atoms with Crippen molar-refractivity contribution < 1.29 is 22.0 Å². The summed E-state index contributed by atoms with van der Waals surface area (Å²) in [6.07, 6.45) is -3.91. The van der Waals surface area contributed by atoms with E-state index >= 15 is 0 Å². The van der Waals surface area contributed by atoms with Gasteiger partial charge in [0.1, 0.15) is 0 Å².